The topological polar surface area (TPSA) is 106 Å². The van der Waals surface area contributed by atoms with Gasteiger partial charge in [0.05, 0.1) is 6.61 Å². The number of benzene rings is 2. The average Bonchev–Trinajstić information content (AvgIpc) is 2.80. The number of amides is 2. The molecule has 0 heterocycles. The number of rotatable bonds is 11. The molecule has 0 fully saturated rings. The van der Waals surface area contributed by atoms with Crippen LogP contribution in [0.1, 0.15) is 31.2 Å². The van der Waals surface area contributed by atoms with Crippen molar-refractivity contribution in [2.45, 2.75) is 32.1 Å². The van der Waals surface area contributed by atoms with Gasteiger partial charge in [-0.1, -0.05) is 48.5 Å². The molecule has 170 valence electrons. The number of hydrogen-bond acceptors (Lipinski definition) is 6. The van der Waals surface area contributed by atoms with Gasteiger partial charge in [-0.25, -0.2) is 0 Å². The first-order valence-corrected chi connectivity index (χ1v) is 10.7. The molecule has 2 aromatic rings. The van der Waals surface area contributed by atoms with Crippen molar-refractivity contribution in [2.75, 3.05) is 13.2 Å². The highest BCUT2D eigenvalue weighted by molar-refractivity contribution is 7.80. The lowest BCUT2D eigenvalue weighted by molar-refractivity contribution is -0.143. The largest absolute Gasteiger partial charge is 0.484 e. The van der Waals surface area contributed by atoms with Crippen LogP contribution in [0.25, 0.3) is 0 Å². The van der Waals surface area contributed by atoms with Gasteiger partial charge in [-0.3, -0.25) is 25.2 Å². The summed E-state index contributed by atoms with van der Waals surface area (Å²) in [6.45, 7) is 0.142. The number of thiocarbonyl (C=S) groups is 1. The Morgan fingerprint density at radius 1 is 0.812 bits per heavy atom. The van der Waals surface area contributed by atoms with Gasteiger partial charge < -0.3 is 14.8 Å². The third-order valence-corrected chi connectivity index (χ3v) is 4.39. The minimum absolute atomic E-state index is 0.0495. The van der Waals surface area contributed by atoms with Crippen molar-refractivity contribution in [3.05, 3.63) is 66.2 Å². The molecule has 0 saturated carbocycles. The Balaban J connectivity index is 1.48. The first-order valence-electron chi connectivity index (χ1n) is 10.3. The van der Waals surface area contributed by atoms with Gasteiger partial charge in [0.2, 0.25) is 5.91 Å². The summed E-state index contributed by atoms with van der Waals surface area (Å²) >= 11 is 4.95. The van der Waals surface area contributed by atoms with Crippen molar-refractivity contribution < 1.29 is 23.9 Å². The van der Waals surface area contributed by atoms with E-state index in [9.17, 15) is 14.4 Å². The molecule has 9 heteroatoms. The summed E-state index contributed by atoms with van der Waals surface area (Å²) in [5, 5.41) is 2.38. The van der Waals surface area contributed by atoms with Gasteiger partial charge >= 0.3 is 5.97 Å². The minimum atomic E-state index is -0.458. The zero-order valence-corrected chi connectivity index (χ0v) is 18.5. The predicted molar refractivity (Wildman–Crippen MR) is 124 cm³/mol. The molecule has 2 rings (SSSR count). The van der Waals surface area contributed by atoms with Gasteiger partial charge in [0.1, 0.15) is 5.75 Å². The van der Waals surface area contributed by atoms with Crippen LogP contribution in [0, 0.1) is 0 Å². The molecule has 0 radical (unpaired) electrons. The quantitative estimate of drug-likeness (QED) is 0.206. The Kier molecular flexibility index (Phi) is 11.3. The van der Waals surface area contributed by atoms with E-state index >= 15 is 0 Å². The van der Waals surface area contributed by atoms with Gasteiger partial charge in [0, 0.05) is 12.8 Å². The van der Waals surface area contributed by atoms with E-state index in [1.807, 2.05) is 36.4 Å². The number of carbonyl (C=O) groups is 3. The molecule has 3 N–H and O–H groups in total. The van der Waals surface area contributed by atoms with Crippen LogP contribution in [0.5, 0.6) is 5.75 Å². The summed E-state index contributed by atoms with van der Waals surface area (Å²) in [6, 6.07) is 18.9. The van der Waals surface area contributed by atoms with Gasteiger partial charge in [0.15, 0.2) is 11.7 Å². The summed E-state index contributed by atoms with van der Waals surface area (Å²) in [5.74, 6) is -0.597. The lowest BCUT2D eigenvalue weighted by atomic mass is 10.1. The Hall–Kier alpha value is -3.46. The molecule has 0 saturated heterocycles. The maximum absolute atomic E-state index is 11.9. The van der Waals surface area contributed by atoms with E-state index in [2.05, 4.69) is 16.2 Å². The summed E-state index contributed by atoms with van der Waals surface area (Å²) in [5.41, 5.74) is 5.95. The van der Waals surface area contributed by atoms with Crippen molar-refractivity contribution in [3.8, 4) is 5.75 Å². The molecule has 0 bridgehead atoms. The maximum Gasteiger partial charge on any atom is 0.305 e. The predicted octanol–water partition coefficient (Wildman–Crippen LogP) is 2.43. The fourth-order valence-corrected chi connectivity index (χ4v) is 2.79. The van der Waals surface area contributed by atoms with Crippen molar-refractivity contribution >= 4 is 35.1 Å². The van der Waals surface area contributed by atoms with Gasteiger partial charge in [-0.2, -0.15) is 0 Å². The average molecular weight is 458 g/mol. The Morgan fingerprint density at radius 2 is 1.50 bits per heavy atom. The molecule has 0 aliphatic carbocycles. The van der Waals surface area contributed by atoms with Crippen LogP contribution in [0.2, 0.25) is 0 Å². The Bertz CT molecular complexity index is 878. The third kappa shape index (κ3) is 11.1. The number of hydrogen-bond donors (Lipinski definition) is 3. The van der Waals surface area contributed by atoms with Crippen LogP contribution in [0.4, 0.5) is 0 Å². The molecule has 2 amide bonds. The van der Waals surface area contributed by atoms with E-state index in [1.165, 1.54) is 5.56 Å². The van der Waals surface area contributed by atoms with Crippen molar-refractivity contribution in [1.82, 2.24) is 16.2 Å². The Labute approximate surface area is 192 Å². The number of ether oxygens (including phenoxy) is 2. The lowest BCUT2D eigenvalue weighted by Gasteiger charge is -2.11. The first-order chi connectivity index (χ1) is 15.5. The molecule has 0 aromatic heterocycles. The molecule has 8 nitrogen and oxygen atoms in total. The zero-order chi connectivity index (χ0) is 23.0. The van der Waals surface area contributed by atoms with Gasteiger partial charge in [0.25, 0.3) is 5.91 Å². The van der Waals surface area contributed by atoms with Crippen LogP contribution in [-0.2, 0) is 25.5 Å². The highest BCUT2D eigenvalue weighted by atomic mass is 32.1. The molecule has 0 aliphatic heterocycles. The summed E-state index contributed by atoms with van der Waals surface area (Å²) in [7, 11) is 0. The molecule has 2 aromatic carbocycles. The second kappa shape index (κ2) is 14.5. The summed E-state index contributed by atoms with van der Waals surface area (Å²) in [6.07, 6.45) is 2.18. The van der Waals surface area contributed by atoms with Crippen LogP contribution in [0.15, 0.2) is 60.7 Å². The van der Waals surface area contributed by atoms with Crippen LogP contribution >= 0.6 is 12.2 Å². The molecule has 32 heavy (non-hydrogen) atoms. The number of nitrogens with one attached hydrogen (secondary N) is 3. The molecule has 0 atom stereocenters. The lowest BCUT2D eigenvalue weighted by Crippen LogP contribution is -2.49. The molecule has 0 aliphatic rings. The number of esters is 1. The van der Waals surface area contributed by atoms with Crippen molar-refractivity contribution in [1.29, 1.82) is 0 Å². The standard InChI is InChI=1S/C23H27N3O5S/c27-20(14-7-15-22(29)30-16-8-11-18-9-3-1-4-10-18)24-23(32)26-25-21(28)17-31-19-12-5-2-6-13-19/h1-6,9-10,12-13H,7-8,11,14-17H2,(H,25,28)(H2,24,26,27,32). The van der Waals surface area contributed by atoms with E-state index in [-0.39, 0.29) is 36.4 Å². The van der Waals surface area contributed by atoms with E-state index in [4.69, 9.17) is 21.7 Å². The number of carbonyl (C=O) groups excluding carboxylic acids is 3. The zero-order valence-electron chi connectivity index (χ0n) is 17.7. The van der Waals surface area contributed by atoms with E-state index in [0.717, 1.165) is 12.8 Å². The number of hydrazine groups is 1. The molecular formula is C23H27N3O5S. The fraction of sp³-hybridized carbons (Fsp3) is 0.304. The van der Waals surface area contributed by atoms with Crippen molar-refractivity contribution in [3.63, 3.8) is 0 Å². The number of aryl methyl sites for hydroxylation is 1. The molecule has 0 unspecified atom stereocenters. The van der Waals surface area contributed by atoms with E-state index in [0.29, 0.717) is 18.8 Å². The van der Waals surface area contributed by atoms with Crippen LogP contribution in [-0.4, -0.2) is 36.1 Å². The van der Waals surface area contributed by atoms with Crippen LogP contribution < -0.4 is 20.9 Å². The molecule has 0 spiro atoms. The van der Waals surface area contributed by atoms with Gasteiger partial charge in [-0.05, 0) is 49.2 Å². The monoisotopic (exact) mass is 457 g/mol. The molecular weight excluding hydrogens is 430 g/mol. The van der Waals surface area contributed by atoms with E-state index in [1.54, 1.807) is 24.3 Å². The highest BCUT2D eigenvalue weighted by Gasteiger charge is 2.09. The third-order valence-electron chi connectivity index (χ3n) is 4.18. The summed E-state index contributed by atoms with van der Waals surface area (Å²) < 4.78 is 10.5. The second-order valence-electron chi connectivity index (χ2n) is 6.82. The SMILES string of the molecule is O=C(COc1ccccc1)NNC(=S)NC(=O)CCCC(=O)OCCCc1ccccc1. The second-order valence-corrected chi connectivity index (χ2v) is 7.22. The highest BCUT2D eigenvalue weighted by Crippen LogP contribution is 2.07. The van der Waals surface area contributed by atoms with Crippen LogP contribution in [0.3, 0.4) is 0 Å². The smallest absolute Gasteiger partial charge is 0.305 e. The normalized spacial score (nSPS) is 10.0. The van der Waals surface area contributed by atoms with E-state index < -0.39 is 5.91 Å². The fourth-order valence-electron chi connectivity index (χ4n) is 2.62. The number of para-hydroxylation sites is 1. The summed E-state index contributed by atoms with van der Waals surface area (Å²) in [4.78, 5) is 35.3. The van der Waals surface area contributed by atoms with Crippen molar-refractivity contribution in [2.24, 2.45) is 0 Å². The maximum atomic E-state index is 11.9. The van der Waals surface area contributed by atoms with Gasteiger partial charge in [-0.15, -0.1) is 0 Å². The first kappa shape index (κ1) is 24.8. The Morgan fingerprint density at radius 3 is 2.22 bits per heavy atom. The minimum Gasteiger partial charge on any atom is -0.484 e.